The van der Waals surface area contributed by atoms with Crippen molar-refractivity contribution in [1.82, 2.24) is 4.98 Å². The molecule has 0 unspecified atom stereocenters. The summed E-state index contributed by atoms with van der Waals surface area (Å²) in [7, 11) is 1.42. The molecule has 2 fully saturated rings. The van der Waals surface area contributed by atoms with Gasteiger partial charge in [0.1, 0.15) is 0 Å². The molecule has 0 radical (unpaired) electrons. The van der Waals surface area contributed by atoms with Gasteiger partial charge in [-0.2, -0.15) is 0 Å². The third kappa shape index (κ3) is 2.82. The molecule has 2 aliphatic rings. The third-order valence-electron chi connectivity index (χ3n) is 4.58. The zero-order valence-corrected chi connectivity index (χ0v) is 12.8. The van der Waals surface area contributed by atoms with Gasteiger partial charge in [-0.1, -0.05) is 12.8 Å². The SMILES string of the molecule is COC(=O)Cc1csc(N2CCC[C@H]3CCCC[C@H]32)n1. The second-order valence-corrected chi connectivity index (χ2v) is 6.66. The van der Waals surface area contributed by atoms with Crippen molar-refractivity contribution >= 4 is 22.4 Å². The van der Waals surface area contributed by atoms with E-state index < -0.39 is 0 Å². The predicted octanol–water partition coefficient (Wildman–Crippen LogP) is 3.02. The Morgan fingerprint density at radius 2 is 2.20 bits per heavy atom. The normalized spacial score (nSPS) is 26.1. The highest BCUT2D eigenvalue weighted by Gasteiger charge is 2.34. The van der Waals surface area contributed by atoms with Gasteiger partial charge in [-0.05, 0) is 31.6 Å². The molecule has 110 valence electrons. The van der Waals surface area contributed by atoms with Gasteiger partial charge in [0.25, 0.3) is 0 Å². The summed E-state index contributed by atoms with van der Waals surface area (Å²) in [5.74, 6) is 0.640. The van der Waals surface area contributed by atoms with Gasteiger partial charge < -0.3 is 9.64 Å². The van der Waals surface area contributed by atoms with E-state index in [1.807, 2.05) is 5.38 Å². The average molecular weight is 294 g/mol. The van der Waals surface area contributed by atoms with Crippen LogP contribution in [0.1, 0.15) is 44.2 Å². The number of nitrogens with zero attached hydrogens (tertiary/aromatic N) is 2. The second-order valence-electron chi connectivity index (χ2n) is 5.82. The van der Waals surface area contributed by atoms with Crippen molar-refractivity contribution in [2.75, 3.05) is 18.6 Å². The molecular formula is C15H22N2O2S. The number of piperidine rings is 1. The van der Waals surface area contributed by atoms with Crippen LogP contribution in [0.4, 0.5) is 5.13 Å². The van der Waals surface area contributed by atoms with Crippen molar-refractivity contribution in [3.63, 3.8) is 0 Å². The highest BCUT2D eigenvalue weighted by atomic mass is 32.1. The predicted molar refractivity (Wildman–Crippen MR) is 80.2 cm³/mol. The minimum Gasteiger partial charge on any atom is -0.469 e. The summed E-state index contributed by atoms with van der Waals surface area (Å²) in [6.07, 6.45) is 8.35. The molecule has 0 spiro atoms. The Morgan fingerprint density at radius 1 is 1.40 bits per heavy atom. The lowest BCUT2D eigenvalue weighted by atomic mass is 9.78. The Kier molecular flexibility index (Phi) is 4.24. The fourth-order valence-corrected chi connectivity index (χ4v) is 4.50. The summed E-state index contributed by atoms with van der Waals surface area (Å²) in [5, 5.41) is 3.10. The summed E-state index contributed by atoms with van der Waals surface area (Å²) in [5.41, 5.74) is 0.842. The van der Waals surface area contributed by atoms with E-state index >= 15 is 0 Å². The molecule has 5 heteroatoms. The van der Waals surface area contributed by atoms with Crippen LogP contribution in [-0.4, -0.2) is 30.6 Å². The van der Waals surface area contributed by atoms with E-state index in [1.165, 1.54) is 45.6 Å². The van der Waals surface area contributed by atoms with Gasteiger partial charge in [0.2, 0.25) is 0 Å². The second kappa shape index (κ2) is 6.12. The number of esters is 1. The maximum atomic E-state index is 11.3. The molecule has 2 atom stereocenters. The topological polar surface area (TPSA) is 42.4 Å². The first-order valence-electron chi connectivity index (χ1n) is 7.56. The lowest BCUT2D eigenvalue weighted by Gasteiger charge is -2.44. The van der Waals surface area contributed by atoms with E-state index in [1.54, 1.807) is 11.3 Å². The maximum absolute atomic E-state index is 11.3. The molecule has 0 aromatic carbocycles. The Balaban J connectivity index is 1.72. The number of methoxy groups -OCH3 is 1. The van der Waals surface area contributed by atoms with Crippen molar-refractivity contribution in [2.45, 2.75) is 51.0 Å². The molecule has 1 saturated heterocycles. The Hall–Kier alpha value is -1.10. The number of anilines is 1. The van der Waals surface area contributed by atoms with Crippen LogP contribution in [0.25, 0.3) is 0 Å². The third-order valence-corrected chi connectivity index (χ3v) is 5.51. The number of carbonyl (C=O) groups excluding carboxylic acids is 1. The van der Waals surface area contributed by atoms with E-state index in [4.69, 9.17) is 4.74 Å². The molecule has 1 aromatic heterocycles. The zero-order chi connectivity index (χ0) is 13.9. The number of hydrogen-bond acceptors (Lipinski definition) is 5. The van der Waals surface area contributed by atoms with Crippen molar-refractivity contribution < 1.29 is 9.53 Å². The maximum Gasteiger partial charge on any atom is 0.311 e. The fraction of sp³-hybridized carbons (Fsp3) is 0.733. The lowest BCUT2D eigenvalue weighted by molar-refractivity contribution is -0.139. The van der Waals surface area contributed by atoms with Gasteiger partial charge in [0.05, 0.1) is 19.2 Å². The number of aromatic nitrogens is 1. The highest BCUT2D eigenvalue weighted by Crippen LogP contribution is 2.38. The van der Waals surface area contributed by atoms with Crippen LogP contribution in [0, 0.1) is 5.92 Å². The number of fused-ring (bicyclic) bond motifs is 1. The van der Waals surface area contributed by atoms with Crippen molar-refractivity contribution in [1.29, 1.82) is 0 Å². The van der Waals surface area contributed by atoms with Crippen LogP contribution in [-0.2, 0) is 16.0 Å². The summed E-state index contributed by atoms with van der Waals surface area (Å²) < 4.78 is 4.71. The number of hydrogen-bond donors (Lipinski definition) is 0. The van der Waals surface area contributed by atoms with Gasteiger partial charge in [0, 0.05) is 18.0 Å². The van der Waals surface area contributed by atoms with Gasteiger partial charge in [0.15, 0.2) is 5.13 Å². The average Bonchev–Trinajstić information content (AvgIpc) is 2.94. The van der Waals surface area contributed by atoms with E-state index in [0.717, 1.165) is 23.3 Å². The quantitative estimate of drug-likeness (QED) is 0.804. The van der Waals surface area contributed by atoms with E-state index in [-0.39, 0.29) is 12.4 Å². The van der Waals surface area contributed by atoms with Gasteiger partial charge >= 0.3 is 5.97 Å². The number of ether oxygens (including phenoxy) is 1. The molecule has 1 aliphatic carbocycles. The Bertz CT molecular complexity index is 472. The van der Waals surface area contributed by atoms with Gasteiger partial charge in [-0.25, -0.2) is 4.98 Å². The van der Waals surface area contributed by atoms with Crippen molar-refractivity contribution in [3.8, 4) is 0 Å². The number of carbonyl (C=O) groups is 1. The molecule has 2 heterocycles. The monoisotopic (exact) mass is 294 g/mol. The van der Waals surface area contributed by atoms with E-state index in [9.17, 15) is 4.79 Å². The summed E-state index contributed by atoms with van der Waals surface area (Å²) in [6, 6.07) is 0.676. The molecule has 3 rings (SSSR count). The molecule has 1 aliphatic heterocycles. The van der Waals surface area contributed by atoms with Crippen LogP contribution in [0.2, 0.25) is 0 Å². The van der Waals surface area contributed by atoms with Gasteiger partial charge in [-0.3, -0.25) is 4.79 Å². The molecule has 4 nitrogen and oxygen atoms in total. The molecule has 0 bridgehead atoms. The zero-order valence-electron chi connectivity index (χ0n) is 12.0. The number of rotatable bonds is 3. The van der Waals surface area contributed by atoms with E-state index in [2.05, 4.69) is 9.88 Å². The molecule has 0 N–H and O–H groups in total. The molecule has 0 amide bonds. The standard InChI is InChI=1S/C15H22N2O2S/c1-19-14(18)9-12-10-20-15(16-12)17-8-4-6-11-5-2-3-7-13(11)17/h10-11,13H,2-9H2,1H3/t11-,13-/m1/s1. The molecule has 20 heavy (non-hydrogen) atoms. The van der Waals surface area contributed by atoms with Crippen LogP contribution in [0.5, 0.6) is 0 Å². The first kappa shape index (κ1) is 13.9. The molecular weight excluding hydrogens is 272 g/mol. The minimum absolute atomic E-state index is 0.212. The largest absolute Gasteiger partial charge is 0.469 e. The van der Waals surface area contributed by atoms with Crippen LogP contribution in [0.3, 0.4) is 0 Å². The number of thiazole rings is 1. The minimum atomic E-state index is -0.212. The van der Waals surface area contributed by atoms with Crippen LogP contribution in [0.15, 0.2) is 5.38 Å². The smallest absolute Gasteiger partial charge is 0.311 e. The summed E-state index contributed by atoms with van der Waals surface area (Å²) >= 11 is 1.67. The molecule has 1 saturated carbocycles. The summed E-state index contributed by atoms with van der Waals surface area (Å²) in [6.45, 7) is 1.12. The van der Waals surface area contributed by atoms with E-state index in [0.29, 0.717) is 6.04 Å². The van der Waals surface area contributed by atoms with Crippen LogP contribution < -0.4 is 4.90 Å². The fourth-order valence-electron chi connectivity index (χ4n) is 3.59. The molecule has 1 aromatic rings. The first-order valence-corrected chi connectivity index (χ1v) is 8.44. The van der Waals surface area contributed by atoms with Crippen molar-refractivity contribution in [2.24, 2.45) is 5.92 Å². The Labute approximate surface area is 124 Å². The van der Waals surface area contributed by atoms with Gasteiger partial charge in [-0.15, -0.1) is 11.3 Å². The lowest BCUT2D eigenvalue weighted by Crippen LogP contribution is -2.46. The summed E-state index contributed by atoms with van der Waals surface area (Å²) in [4.78, 5) is 18.5. The Morgan fingerprint density at radius 3 is 3.05 bits per heavy atom. The van der Waals surface area contributed by atoms with Crippen molar-refractivity contribution in [3.05, 3.63) is 11.1 Å². The first-order chi connectivity index (χ1) is 9.78. The van der Waals surface area contributed by atoms with Crippen LogP contribution >= 0.6 is 11.3 Å². The highest BCUT2D eigenvalue weighted by molar-refractivity contribution is 7.13.